The summed E-state index contributed by atoms with van der Waals surface area (Å²) in [6.07, 6.45) is 7.56. The first-order chi connectivity index (χ1) is 7.24. The zero-order valence-electron chi connectivity index (χ0n) is 9.06. The Bertz CT molecular complexity index is 322. The minimum atomic E-state index is -0.0672. The molecule has 3 aliphatic rings. The smallest absolute Gasteiger partial charge is 0.120 e. The first-order valence-corrected chi connectivity index (χ1v) is 5.74. The minimum Gasteiger partial charge on any atom is -0.301 e. The fourth-order valence-corrected chi connectivity index (χ4v) is 3.16. The molecular formula is C12H17FN2. The van der Waals surface area contributed by atoms with Gasteiger partial charge < -0.3 is 4.90 Å². The molecule has 0 aromatic carbocycles. The third-order valence-electron chi connectivity index (χ3n) is 3.99. The first kappa shape index (κ1) is 9.55. The highest BCUT2D eigenvalue weighted by atomic mass is 19.1. The van der Waals surface area contributed by atoms with Crippen LogP contribution in [0.15, 0.2) is 24.1 Å². The van der Waals surface area contributed by atoms with E-state index in [0.29, 0.717) is 18.1 Å². The Hall–Kier alpha value is -0.670. The van der Waals surface area contributed by atoms with Crippen LogP contribution in [-0.2, 0) is 0 Å². The SMILES string of the molecule is CN1C[C@H]2C[C@@H]1CN2C1C=C(F)C=CC1. The average molecular weight is 208 g/mol. The van der Waals surface area contributed by atoms with Gasteiger partial charge >= 0.3 is 0 Å². The maximum absolute atomic E-state index is 13.1. The predicted molar refractivity (Wildman–Crippen MR) is 58.3 cm³/mol. The first-order valence-electron chi connectivity index (χ1n) is 5.74. The largest absolute Gasteiger partial charge is 0.301 e. The Kier molecular flexibility index (Phi) is 2.18. The maximum Gasteiger partial charge on any atom is 0.120 e. The van der Waals surface area contributed by atoms with E-state index in [0.717, 1.165) is 19.5 Å². The van der Waals surface area contributed by atoms with Crippen molar-refractivity contribution in [3.8, 4) is 0 Å². The Balaban J connectivity index is 1.73. The summed E-state index contributed by atoms with van der Waals surface area (Å²) in [7, 11) is 2.19. The van der Waals surface area contributed by atoms with Gasteiger partial charge in [-0.1, -0.05) is 6.08 Å². The summed E-state index contributed by atoms with van der Waals surface area (Å²) in [5.41, 5.74) is 0. The molecule has 0 amide bonds. The summed E-state index contributed by atoms with van der Waals surface area (Å²) >= 11 is 0. The Labute approximate surface area is 90.0 Å². The molecule has 15 heavy (non-hydrogen) atoms. The number of piperazine rings is 1. The van der Waals surface area contributed by atoms with Crippen molar-refractivity contribution in [1.29, 1.82) is 0 Å². The number of allylic oxidation sites excluding steroid dienone is 2. The highest BCUT2D eigenvalue weighted by Crippen LogP contribution is 2.33. The molecule has 0 spiro atoms. The fraction of sp³-hybridized carbons (Fsp3) is 0.667. The number of fused-ring (bicyclic) bond motifs is 2. The summed E-state index contributed by atoms with van der Waals surface area (Å²) in [6, 6.07) is 1.66. The lowest BCUT2D eigenvalue weighted by Gasteiger charge is -2.36. The molecule has 0 saturated carbocycles. The topological polar surface area (TPSA) is 6.48 Å². The number of hydrogen-bond donors (Lipinski definition) is 0. The van der Waals surface area contributed by atoms with Gasteiger partial charge in [0.05, 0.1) is 0 Å². The molecular weight excluding hydrogens is 191 g/mol. The molecule has 82 valence electrons. The summed E-state index contributed by atoms with van der Waals surface area (Å²) in [5.74, 6) is -0.0672. The van der Waals surface area contributed by atoms with E-state index in [1.54, 1.807) is 12.2 Å². The molecule has 0 aromatic rings. The van der Waals surface area contributed by atoms with Crippen LogP contribution in [-0.4, -0.2) is 48.1 Å². The minimum absolute atomic E-state index is 0.0672. The van der Waals surface area contributed by atoms with Gasteiger partial charge in [-0.05, 0) is 32.0 Å². The van der Waals surface area contributed by atoms with Crippen molar-refractivity contribution >= 4 is 0 Å². The normalized spacial score (nSPS) is 41.2. The zero-order valence-corrected chi connectivity index (χ0v) is 9.06. The lowest BCUT2D eigenvalue weighted by molar-refractivity contribution is 0.124. The second-order valence-corrected chi connectivity index (χ2v) is 4.94. The van der Waals surface area contributed by atoms with E-state index in [1.165, 1.54) is 6.42 Å². The predicted octanol–water partition coefficient (Wildman–Crippen LogP) is 1.56. The second kappa shape index (κ2) is 3.42. The molecule has 3 atom stereocenters. The van der Waals surface area contributed by atoms with Crippen molar-refractivity contribution in [1.82, 2.24) is 9.80 Å². The number of nitrogens with zero attached hydrogens (tertiary/aromatic N) is 2. The van der Waals surface area contributed by atoms with Gasteiger partial charge in [0, 0.05) is 31.2 Å². The molecule has 1 aliphatic carbocycles. The van der Waals surface area contributed by atoms with Crippen molar-refractivity contribution < 1.29 is 4.39 Å². The van der Waals surface area contributed by atoms with Crippen molar-refractivity contribution in [2.75, 3.05) is 20.1 Å². The number of hydrogen-bond acceptors (Lipinski definition) is 2. The van der Waals surface area contributed by atoms with Crippen LogP contribution in [0.5, 0.6) is 0 Å². The van der Waals surface area contributed by atoms with Gasteiger partial charge in [0.15, 0.2) is 0 Å². The van der Waals surface area contributed by atoms with Crippen molar-refractivity contribution in [2.24, 2.45) is 0 Å². The van der Waals surface area contributed by atoms with Gasteiger partial charge in [-0.2, -0.15) is 0 Å². The van der Waals surface area contributed by atoms with Crippen LogP contribution in [0.4, 0.5) is 4.39 Å². The van der Waals surface area contributed by atoms with Crippen LogP contribution in [0.3, 0.4) is 0 Å². The monoisotopic (exact) mass is 208 g/mol. The number of likely N-dealkylation sites (N-methyl/N-ethyl adjacent to an activating group) is 1. The van der Waals surface area contributed by atoms with Gasteiger partial charge in [0.1, 0.15) is 5.83 Å². The van der Waals surface area contributed by atoms with Crippen LogP contribution >= 0.6 is 0 Å². The zero-order chi connectivity index (χ0) is 10.4. The number of halogens is 1. The molecule has 1 unspecified atom stereocenters. The molecule has 0 radical (unpaired) electrons. The molecule has 0 N–H and O–H groups in total. The van der Waals surface area contributed by atoms with Gasteiger partial charge in [-0.25, -0.2) is 4.39 Å². The number of likely N-dealkylation sites (tertiary alicyclic amines) is 2. The van der Waals surface area contributed by atoms with Crippen LogP contribution in [0, 0.1) is 0 Å². The highest BCUT2D eigenvalue weighted by molar-refractivity contribution is 5.21. The van der Waals surface area contributed by atoms with E-state index in [2.05, 4.69) is 16.8 Å². The van der Waals surface area contributed by atoms with E-state index in [1.807, 2.05) is 6.08 Å². The molecule has 3 rings (SSSR count). The van der Waals surface area contributed by atoms with Crippen LogP contribution < -0.4 is 0 Å². The van der Waals surface area contributed by atoms with Crippen molar-refractivity contribution in [2.45, 2.75) is 31.0 Å². The van der Waals surface area contributed by atoms with Gasteiger partial charge in [-0.15, -0.1) is 0 Å². The molecule has 0 aromatic heterocycles. The van der Waals surface area contributed by atoms with E-state index in [-0.39, 0.29) is 5.83 Å². The maximum atomic E-state index is 13.1. The van der Waals surface area contributed by atoms with E-state index < -0.39 is 0 Å². The highest BCUT2D eigenvalue weighted by Gasteiger charge is 2.43. The number of rotatable bonds is 1. The van der Waals surface area contributed by atoms with Crippen LogP contribution in [0.2, 0.25) is 0 Å². The Morgan fingerprint density at radius 3 is 2.80 bits per heavy atom. The van der Waals surface area contributed by atoms with E-state index in [4.69, 9.17) is 0 Å². The molecule has 3 heteroatoms. The molecule has 2 fully saturated rings. The van der Waals surface area contributed by atoms with E-state index >= 15 is 0 Å². The molecule has 2 saturated heterocycles. The summed E-state index contributed by atoms with van der Waals surface area (Å²) in [5, 5.41) is 0. The lowest BCUT2D eigenvalue weighted by Crippen LogP contribution is -2.48. The molecule has 2 heterocycles. The quantitative estimate of drug-likeness (QED) is 0.645. The van der Waals surface area contributed by atoms with Crippen molar-refractivity contribution in [3.63, 3.8) is 0 Å². The fourth-order valence-electron chi connectivity index (χ4n) is 3.16. The second-order valence-electron chi connectivity index (χ2n) is 4.94. The van der Waals surface area contributed by atoms with Crippen molar-refractivity contribution in [3.05, 3.63) is 24.1 Å². The van der Waals surface area contributed by atoms with Gasteiger partial charge in [0.25, 0.3) is 0 Å². The molecule has 2 bridgehead atoms. The average Bonchev–Trinajstić information content (AvgIpc) is 2.76. The Morgan fingerprint density at radius 2 is 2.20 bits per heavy atom. The lowest BCUT2D eigenvalue weighted by atomic mass is 10.1. The third kappa shape index (κ3) is 1.54. The molecule has 2 nitrogen and oxygen atoms in total. The van der Waals surface area contributed by atoms with Gasteiger partial charge in [-0.3, -0.25) is 4.90 Å². The molecule has 2 aliphatic heterocycles. The summed E-state index contributed by atoms with van der Waals surface area (Å²) < 4.78 is 13.1. The third-order valence-corrected chi connectivity index (χ3v) is 3.99. The van der Waals surface area contributed by atoms with Crippen LogP contribution in [0.1, 0.15) is 12.8 Å². The summed E-state index contributed by atoms with van der Waals surface area (Å²) in [6.45, 7) is 2.27. The van der Waals surface area contributed by atoms with Gasteiger partial charge in [0.2, 0.25) is 0 Å². The summed E-state index contributed by atoms with van der Waals surface area (Å²) in [4.78, 5) is 4.91. The van der Waals surface area contributed by atoms with Crippen LogP contribution in [0.25, 0.3) is 0 Å². The standard InChI is InChI=1S/C12H17FN2/c1-14-7-12-6-11(14)8-15(12)10-4-2-3-9(13)5-10/h2-3,5,10-12H,4,6-8H2,1H3/t10?,11-,12-/m1/s1. The Morgan fingerprint density at radius 1 is 1.33 bits per heavy atom. The van der Waals surface area contributed by atoms with E-state index in [9.17, 15) is 4.39 Å².